The number of aromatic nitrogens is 3. The first kappa shape index (κ1) is 7.91. The van der Waals surface area contributed by atoms with Crippen LogP contribution < -0.4 is 0 Å². The number of halogens is 1. The van der Waals surface area contributed by atoms with Crippen molar-refractivity contribution in [3.8, 4) is 5.69 Å². The Morgan fingerprint density at radius 1 is 1.46 bits per heavy atom. The van der Waals surface area contributed by atoms with Crippen LogP contribution >= 0.6 is 0 Å². The SMILES string of the molecule is Cc1cn(-c2cccnc2)nc1F. The Kier molecular flexibility index (Phi) is 1.81. The molecule has 0 spiro atoms. The van der Waals surface area contributed by atoms with Gasteiger partial charge < -0.3 is 0 Å². The normalized spacial score (nSPS) is 10.3. The smallest absolute Gasteiger partial charge is 0.235 e. The molecule has 0 amide bonds. The highest BCUT2D eigenvalue weighted by Crippen LogP contribution is 2.08. The summed E-state index contributed by atoms with van der Waals surface area (Å²) >= 11 is 0. The number of rotatable bonds is 1. The third kappa shape index (κ3) is 1.42. The molecule has 2 aromatic heterocycles. The minimum Gasteiger partial charge on any atom is -0.262 e. The molecule has 2 heterocycles. The molecule has 0 aromatic carbocycles. The van der Waals surface area contributed by atoms with Crippen molar-refractivity contribution in [3.05, 3.63) is 42.2 Å². The van der Waals surface area contributed by atoms with Crippen molar-refractivity contribution in [2.24, 2.45) is 0 Å². The second-order valence-corrected chi connectivity index (χ2v) is 2.76. The maximum absolute atomic E-state index is 12.9. The van der Waals surface area contributed by atoms with E-state index in [0.717, 1.165) is 5.69 Å². The second-order valence-electron chi connectivity index (χ2n) is 2.76. The van der Waals surface area contributed by atoms with Crippen LogP contribution in [0.4, 0.5) is 4.39 Å². The van der Waals surface area contributed by atoms with E-state index in [9.17, 15) is 4.39 Å². The number of nitrogens with zero attached hydrogens (tertiary/aromatic N) is 3. The zero-order valence-corrected chi connectivity index (χ0v) is 7.11. The molecule has 0 N–H and O–H groups in total. The molecular weight excluding hydrogens is 169 g/mol. The highest BCUT2D eigenvalue weighted by atomic mass is 19.1. The van der Waals surface area contributed by atoms with Crippen molar-refractivity contribution in [2.45, 2.75) is 6.92 Å². The molecule has 0 saturated heterocycles. The Morgan fingerprint density at radius 3 is 2.85 bits per heavy atom. The summed E-state index contributed by atoms with van der Waals surface area (Å²) in [5, 5.41) is 3.69. The first-order chi connectivity index (χ1) is 6.27. The van der Waals surface area contributed by atoms with E-state index < -0.39 is 5.95 Å². The molecule has 4 heteroatoms. The van der Waals surface area contributed by atoms with Crippen LogP contribution in [0.5, 0.6) is 0 Å². The van der Waals surface area contributed by atoms with Gasteiger partial charge in [-0.1, -0.05) is 0 Å². The highest BCUT2D eigenvalue weighted by molar-refractivity contribution is 5.27. The van der Waals surface area contributed by atoms with Crippen molar-refractivity contribution in [1.82, 2.24) is 14.8 Å². The van der Waals surface area contributed by atoms with Gasteiger partial charge >= 0.3 is 0 Å². The molecule has 0 aliphatic heterocycles. The zero-order chi connectivity index (χ0) is 9.26. The Hall–Kier alpha value is -1.71. The van der Waals surface area contributed by atoms with E-state index in [1.165, 1.54) is 4.68 Å². The molecule has 2 rings (SSSR count). The van der Waals surface area contributed by atoms with Crippen LogP contribution in [0.15, 0.2) is 30.7 Å². The molecule has 0 atom stereocenters. The number of hydrogen-bond acceptors (Lipinski definition) is 2. The van der Waals surface area contributed by atoms with Gasteiger partial charge in [0.15, 0.2) is 0 Å². The maximum atomic E-state index is 12.9. The molecule has 3 nitrogen and oxygen atoms in total. The molecule has 0 aliphatic rings. The van der Waals surface area contributed by atoms with Crippen molar-refractivity contribution in [2.75, 3.05) is 0 Å². The second kappa shape index (κ2) is 2.97. The Morgan fingerprint density at radius 2 is 2.31 bits per heavy atom. The summed E-state index contributed by atoms with van der Waals surface area (Å²) in [6.07, 6.45) is 4.93. The topological polar surface area (TPSA) is 30.7 Å². The van der Waals surface area contributed by atoms with Crippen LogP contribution in [0.1, 0.15) is 5.56 Å². The minimum absolute atomic E-state index is 0.441. The van der Waals surface area contributed by atoms with E-state index in [1.54, 1.807) is 31.6 Å². The number of pyridine rings is 1. The van der Waals surface area contributed by atoms with Crippen LogP contribution in [-0.2, 0) is 0 Å². The van der Waals surface area contributed by atoms with Gasteiger partial charge in [-0.2, -0.15) is 4.39 Å². The Bertz CT molecular complexity index is 389. The first-order valence-electron chi connectivity index (χ1n) is 3.89. The third-order valence-electron chi connectivity index (χ3n) is 1.75. The summed E-state index contributed by atoms with van der Waals surface area (Å²) in [6.45, 7) is 1.68. The molecule has 0 bridgehead atoms. The van der Waals surface area contributed by atoms with Crippen LogP contribution in [-0.4, -0.2) is 14.8 Å². The Labute approximate surface area is 74.8 Å². The van der Waals surface area contributed by atoms with E-state index in [4.69, 9.17) is 0 Å². The standard InChI is InChI=1S/C9H8FN3/c1-7-6-13(12-9(7)10)8-3-2-4-11-5-8/h2-6H,1H3. The monoisotopic (exact) mass is 177 g/mol. The van der Waals surface area contributed by atoms with E-state index >= 15 is 0 Å². The van der Waals surface area contributed by atoms with Gasteiger partial charge in [-0.15, -0.1) is 5.10 Å². The van der Waals surface area contributed by atoms with Crippen LogP contribution in [0, 0.1) is 12.9 Å². The summed E-state index contributed by atoms with van der Waals surface area (Å²) in [7, 11) is 0. The van der Waals surface area contributed by atoms with E-state index in [2.05, 4.69) is 10.1 Å². The van der Waals surface area contributed by atoms with Gasteiger partial charge in [0, 0.05) is 18.0 Å². The van der Waals surface area contributed by atoms with Gasteiger partial charge in [0.05, 0.1) is 11.9 Å². The van der Waals surface area contributed by atoms with E-state index in [1.807, 2.05) is 6.07 Å². The first-order valence-corrected chi connectivity index (χ1v) is 3.89. The van der Waals surface area contributed by atoms with E-state index in [0.29, 0.717) is 5.56 Å². The van der Waals surface area contributed by atoms with Crippen molar-refractivity contribution in [3.63, 3.8) is 0 Å². The maximum Gasteiger partial charge on any atom is 0.235 e. The van der Waals surface area contributed by atoms with Gasteiger partial charge in [0.1, 0.15) is 0 Å². The van der Waals surface area contributed by atoms with Crippen LogP contribution in [0.3, 0.4) is 0 Å². The number of hydrogen-bond donors (Lipinski definition) is 0. The molecular formula is C9H8FN3. The van der Waals surface area contributed by atoms with Crippen LogP contribution in [0.2, 0.25) is 0 Å². The lowest BCUT2D eigenvalue weighted by Crippen LogP contribution is -1.94. The summed E-state index contributed by atoms with van der Waals surface area (Å²) in [6, 6.07) is 3.60. The van der Waals surface area contributed by atoms with Gasteiger partial charge in [-0.05, 0) is 19.1 Å². The largest absolute Gasteiger partial charge is 0.262 e. The molecule has 0 fully saturated rings. The molecule has 0 unspecified atom stereocenters. The molecule has 13 heavy (non-hydrogen) atoms. The van der Waals surface area contributed by atoms with E-state index in [-0.39, 0.29) is 0 Å². The summed E-state index contributed by atoms with van der Waals surface area (Å²) < 4.78 is 14.3. The Balaban J connectivity index is 2.48. The number of aryl methyl sites for hydroxylation is 1. The minimum atomic E-state index is -0.441. The fraction of sp³-hybridized carbons (Fsp3) is 0.111. The zero-order valence-electron chi connectivity index (χ0n) is 7.11. The molecule has 0 saturated carbocycles. The highest BCUT2D eigenvalue weighted by Gasteiger charge is 2.04. The fourth-order valence-electron chi connectivity index (χ4n) is 1.06. The lowest BCUT2D eigenvalue weighted by Gasteiger charge is -1.97. The lowest BCUT2D eigenvalue weighted by molar-refractivity contribution is 0.560. The van der Waals surface area contributed by atoms with Crippen molar-refractivity contribution >= 4 is 0 Å². The summed E-state index contributed by atoms with van der Waals surface area (Å²) in [5.74, 6) is -0.441. The quantitative estimate of drug-likeness (QED) is 0.664. The molecule has 2 aromatic rings. The third-order valence-corrected chi connectivity index (χ3v) is 1.75. The predicted molar refractivity (Wildman–Crippen MR) is 46.1 cm³/mol. The van der Waals surface area contributed by atoms with Gasteiger partial charge in [0.2, 0.25) is 5.95 Å². The average Bonchev–Trinajstić information content (AvgIpc) is 2.49. The molecule has 0 radical (unpaired) electrons. The average molecular weight is 177 g/mol. The predicted octanol–water partition coefficient (Wildman–Crippen LogP) is 1.71. The van der Waals surface area contributed by atoms with Crippen molar-refractivity contribution in [1.29, 1.82) is 0 Å². The lowest BCUT2D eigenvalue weighted by atomic mass is 10.4. The molecule has 66 valence electrons. The fourth-order valence-corrected chi connectivity index (χ4v) is 1.06. The summed E-state index contributed by atoms with van der Waals surface area (Å²) in [5.41, 5.74) is 1.29. The van der Waals surface area contributed by atoms with Crippen LogP contribution in [0.25, 0.3) is 5.69 Å². The molecule has 0 aliphatic carbocycles. The van der Waals surface area contributed by atoms with Crippen molar-refractivity contribution < 1.29 is 4.39 Å². The summed E-state index contributed by atoms with van der Waals surface area (Å²) in [4.78, 5) is 3.92. The van der Waals surface area contributed by atoms with Gasteiger partial charge in [-0.25, -0.2) is 4.68 Å². The van der Waals surface area contributed by atoms with Gasteiger partial charge in [-0.3, -0.25) is 4.98 Å². The van der Waals surface area contributed by atoms with Gasteiger partial charge in [0.25, 0.3) is 0 Å².